The Kier molecular flexibility index (Phi) is 5.63. The van der Waals surface area contributed by atoms with E-state index in [9.17, 15) is 14.0 Å². The molecule has 2 heterocycles. The van der Waals surface area contributed by atoms with E-state index in [0.717, 1.165) is 5.56 Å². The predicted octanol–water partition coefficient (Wildman–Crippen LogP) is 3.42. The van der Waals surface area contributed by atoms with E-state index in [4.69, 9.17) is 0 Å². The number of pyridine rings is 1. The molecular weight excluding hydrogens is 359 g/mol. The zero-order valence-corrected chi connectivity index (χ0v) is 16.0. The van der Waals surface area contributed by atoms with Gasteiger partial charge in [0.15, 0.2) is 5.78 Å². The van der Waals surface area contributed by atoms with Crippen LogP contribution in [0.1, 0.15) is 29.4 Å². The van der Waals surface area contributed by atoms with Gasteiger partial charge in [0.25, 0.3) is 0 Å². The minimum atomic E-state index is -0.487. The van der Waals surface area contributed by atoms with E-state index in [1.54, 1.807) is 68.6 Å². The minimum absolute atomic E-state index is 0.110. The van der Waals surface area contributed by atoms with E-state index in [2.05, 4.69) is 10.1 Å². The Morgan fingerprint density at radius 3 is 2.46 bits per heavy atom. The summed E-state index contributed by atoms with van der Waals surface area (Å²) < 4.78 is 16.1. The number of halogens is 1. The van der Waals surface area contributed by atoms with E-state index < -0.39 is 5.82 Å². The van der Waals surface area contributed by atoms with Crippen molar-refractivity contribution in [1.29, 1.82) is 0 Å². The Bertz CT molecular complexity index is 1010. The average molecular weight is 380 g/mol. The van der Waals surface area contributed by atoms with Gasteiger partial charge in [0.2, 0.25) is 5.91 Å². The SMILES string of the molecule is CCC(=O)N(C)c1ccc(-c2ccc(C(=O)Cc3cnn(C)c3)nc2)cc1F. The summed E-state index contributed by atoms with van der Waals surface area (Å²) in [5.74, 6) is -0.760. The number of hydrogen-bond donors (Lipinski definition) is 0. The molecule has 3 aromatic rings. The molecule has 0 unspecified atom stereocenters. The Labute approximate surface area is 162 Å². The minimum Gasteiger partial charge on any atom is -0.313 e. The van der Waals surface area contributed by atoms with Crippen molar-refractivity contribution in [2.24, 2.45) is 7.05 Å². The van der Waals surface area contributed by atoms with Gasteiger partial charge < -0.3 is 4.90 Å². The van der Waals surface area contributed by atoms with E-state index in [-0.39, 0.29) is 23.8 Å². The Hall–Kier alpha value is -3.35. The normalized spacial score (nSPS) is 10.7. The molecule has 0 saturated heterocycles. The molecule has 0 aliphatic rings. The molecule has 144 valence electrons. The van der Waals surface area contributed by atoms with Crippen LogP contribution in [0.4, 0.5) is 10.1 Å². The van der Waals surface area contributed by atoms with Gasteiger partial charge in [-0.1, -0.05) is 19.1 Å². The summed E-state index contributed by atoms with van der Waals surface area (Å²) in [5, 5.41) is 4.05. The smallest absolute Gasteiger partial charge is 0.226 e. The van der Waals surface area contributed by atoms with E-state index in [0.29, 0.717) is 23.2 Å². The zero-order chi connectivity index (χ0) is 20.3. The molecule has 0 spiro atoms. The number of aryl methyl sites for hydroxylation is 1. The van der Waals surface area contributed by atoms with Crippen LogP contribution < -0.4 is 4.90 Å². The number of Topliss-reactive ketones (excluding diaryl/α,β-unsaturated/α-hetero) is 1. The van der Waals surface area contributed by atoms with Gasteiger partial charge in [-0.3, -0.25) is 19.3 Å². The van der Waals surface area contributed by atoms with Crippen LogP contribution in [0, 0.1) is 5.82 Å². The van der Waals surface area contributed by atoms with Crippen molar-refractivity contribution in [1.82, 2.24) is 14.8 Å². The quantitative estimate of drug-likeness (QED) is 0.615. The lowest BCUT2D eigenvalue weighted by Gasteiger charge is -2.17. The number of aromatic nitrogens is 3. The molecule has 0 bridgehead atoms. The first kappa shape index (κ1) is 19.4. The maximum absolute atomic E-state index is 14.5. The van der Waals surface area contributed by atoms with Crippen LogP contribution in [0.25, 0.3) is 11.1 Å². The summed E-state index contributed by atoms with van der Waals surface area (Å²) in [6.45, 7) is 1.73. The Morgan fingerprint density at radius 2 is 1.89 bits per heavy atom. The number of hydrogen-bond acceptors (Lipinski definition) is 4. The first-order valence-corrected chi connectivity index (χ1v) is 8.92. The van der Waals surface area contributed by atoms with Crippen LogP contribution in [-0.4, -0.2) is 33.5 Å². The first-order valence-electron chi connectivity index (χ1n) is 8.92. The number of nitrogens with zero attached hydrogens (tertiary/aromatic N) is 4. The molecule has 0 aliphatic carbocycles. The molecule has 1 amide bonds. The van der Waals surface area contributed by atoms with Gasteiger partial charge in [0, 0.05) is 44.9 Å². The number of carbonyl (C=O) groups excluding carboxylic acids is 2. The summed E-state index contributed by atoms with van der Waals surface area (Å²) in [6.07, 6.45) is 5.51. The molecule has 0 N–H and O–H groups in total. The molecule has 0 radical (unpaired) electrons. The summed E-state index contributed by atoms with van der Waals surface area (Å²) in [4.78, 5) is 29.6. The number of anilines is 1. The number of amides is 1. The van der Waals surface area contributed by atoms with Crippen molar-refractivity contribution in [2.45, 2.75) is 19.8 Å². The van der Waals surface area contributed by atoms with Crippen molar-refractivity contribution in [3.05, 3.63) is 66.0 Å². The molecular formula is C21H21FN4O2. The van der Waals surface area contributed by atoms with Gasteiger partial charge in [0.1, 0.15) is 11.5 Å². The van der Waals surface area contributed by atoms with Crippen molar-refractivity contribution in [3.8, 4) is 11.1 Å². The number of benzene rings is 1. The number of rotatable bonds is 6. The first-order chi connectivity index (χ1) is 13.4. The van der Waals surface area contributed by atoms with Crippen molar-refractivity contribution in [3.63, 3.8) is 0 Å². The van der Waals surface area contributed by atoms with Crippen molar-refractivity contribution in [2.75, 3.05) is 11.9 Å². The highest BCUT2D eigenvalue weighted by Gasteiger charge is 2.15. The molecule has 0 atom stereocenters. The highest BCUT2D eigenvalue weighted by Crippen LogP contribution is 2.26. The summed E-state index contributed by atoms with van der Waals surface area (Å²) >= 11 is 0. The second-order valence-corrected chi connectivity index (χ2v) is 6.53. The zero-order valence-electron chi connectivity index (χ0n) is 16.0. The van der Waals surface area contributed by atoms with E-state index >= 15 is 0 Å². The highest BCUT2D eigenvalue weighted by molar-refractivity contribution is 5.96. The molecule has 2 aromatic heterocycles. The van der Waals surface area contributed by atoms with Gasteiger partial charge in [-0.05, 0) is 29.3 Å². The fraction of sp³-hybridized carbons (Fsp3) is 0.238. The Morgan fingerprint density at radius 1 is 1.14 bits per heavy atom. The van der Waals surface area contributed by atoms with Crippen molar-refractivity contribution >= 4 is 17.4 Å². The van der Waals surface area contributed by atoms with Gasteiger partial charge in [-0.2, -0.15) is 5.10 Å². The van der Waals surface area contributed by atoms with Gasteiger partial charge >= 0.3 is 0 Å². The van der Waals surface area contributed by atoms with Crippen LogP contribution in [0.2, 0.25) is 0 Å². The molecule has 3 rings (SSSR count). The lowest BCUT2D eigenvalue weighted by molar-refractivity contribution is -0.118. The van der Waals surface area contributed by atoms with Crippen LogP contribution in [-0.2, 0) is 18.3 Å². The lowest BCUT2D eigenvalue weighted by Crippen LogP contribution is -2.25. The van der Waals surface area contributed by atoms with Gasteiger partial charge in [-0.15, -0.1) is 0 Å². The fourth-order valence-electron chi connectivity index (χ4n) is 2.90. The number of ketones is 1. The predicted molar refractivity (Wildman–Crippen MR) is 105 cm³/mol. The average Bonchev–Trinajstić information content (AvgIpc) is 3.11. The molecule has 28 heavy (non-hydrogen) atoms. The number of carbonyl (C=O) groups is 2. The maximum atomic E-state index is 14.5. The van der Waals surface area contributed by atoms with Gasteiger partial charge in [0.05, 0.1) is 11.9 Å². The second kappa shape index (κ2) is 8.12. The third kappa shape index (κ3) is 4.14. The third-order valence-corrected chi connectivity index (χ3v) is 4.49. The Balaban J connectivity index is 1.77. The third-order valence-electron chi connectivity index (χ3n) is 4.49. The van der Waals surface area contributed by atoms with Crippen LogP contribution in [0.5, 0.6) is 0 Å². The van der Waals surface area contributed by atoms with Crippen LogP contribution >= 0.6 is 0 Å². The summed E-state index contributed by atoms with van der Waals surface area (Å²) in [6, 6.07) is 8.03. The molecule has 7 heteroatoms. The maximum Gasteiger partial charge on any atom is 0.226 e. The summed E-state index contributed by atoms with van der Waals surface area (Å²) in [5.41, 5.74) is 2.71. The van der Waals surface area contributed by atoms with Crippen LogP contribution in [0.3, 0.4) is 0 Å². The monoisotopic (exact) mass is 380 g/mol. The van der Waals surface area contributed by atoms with Gasteiger partial charge in [-0.25, -0.2) is 4.39 Å². The lowest BCUT2D eigenvalue weighted by atomic mass is 10.0. The topological polar surface area (TPSA) is 68.1 Å². The largest absolute Gasteiger partial charge is 0.313 e. The van der Waals surface area contributed by atoms with Crippen LogP contribution in [0.15, 0.2) is 48.9 Å². The molecule has 0 saturated carbocycles. The molecule has 0 fully saturated rings. The molecule has 1 aromatic carbocycles. The second-order valence-electron chi connectivity index (χ2n) is 6.53. The molecule has 0 aliphatic heterocycles. The summed E-state index contributed by atoms with van der Waals surface area (Å²) in [7, 11) is 3.34. The van der Waals surface area contributed by atoms with E-state index in [1.807, 2.05) is 0 Å². The van der Waals surface area contributed by atoms with E-state index in [1.165, 1.54) is 11.0 Å². The highest BCUT2D eigenvalue weighted by atomic mass is 19.1. The standard InChI is InChI=1S/C21H21FN4O2/c1-4-21(28)26(3)19-8-6-15(10-17(19)22)16-5-7-18(23-12-16)20(27)9-14-11-24-25(2)13-14/h5-8,10-13H,4,9H2,1-3H3. The molecule has 6 nitrogen and oxygen atoms in total. The van der Waals surface area contributed by atoms with Crippen molar-refractivity contribution < 1.29 is 14.0 Å². The fourth-order valence-corrected chi connectivity index (χ4v) is 2.90.